The third-order valence-electron chi connectivity index (χ3n) is 3.02. The molecule has 0 aromatic heterocycles. The van der Waals surface area contributed by atoms with Gasteiger partial charge in [-0.1, -0.05) is 25.4 Å². The zero-order chi connectivity index (χ0) is 13.0. The molecule has 0 N–H and O–H groups in total. The second kappa shape index (κ2) is 5.93. The van der Waals surface area contributed by atoms with Crippen LogP contribution in [-0.2, 0) is 6.42 Å². The number of hydrogen-bond donors (Lipinski definition) is 0. The molecule has 3 heteroatoms. The molecule has 0 bridgehead atoms. The fourth-order valence-electron chi connectivity index (χ4n) is 1.74. The highest BCUT2D eigenvalue weighted by Crippen LogP contribution is 2.29. The van der Waals surface area contributed by atoms with E-state index < -0.39 is 0 Å². The van der Waals surface area contributed by atoms with Crippen LogP contribution in [0.15, 0.2) is 12.1 Å². The summed E-state index contributed by atoms with van der Waals surface area (Å²) in [6.07, 6.45) is 0.740. The van der Waals surface area contributed by atoms with Gasteiger partial charge in [0.1, 0.15) is 5.75 Å². The molecule has 1 aromatic rings. The SMILES string of the molecule is COc1cc(C)c(CC(C#N)C(C)C)cc1Cl. The molecule has 0 fully saturated rings. The van der Waals surface area contributed by atoms with E-state index in [1.54, 1.807) is 7.11 Å². The normalized spacial score (nSPS) is 12.3. The zero-order valence-electron chi connectivity index (χ0n) is 10.7. The highest BCUT2D eigenvalue weighted by molar-refractivity contribution is 6.32. The Kier molecular flexibility index (Phi) is 4.84. The van der Waals surface area contributed by atoms with E-state index in [1.165, 1.54) is 0 Å². The van der Waals surface area contributed by atoms with Crippen LogP contribution in [-0.4, -0.2) is 7.11 Å². The van der Waals surface area contributed by atoms with E-state index >= 15 is 0 Å². The maximum absolute atomic E-state index is 9.11. The van der Waals surface area contributed by atoms with Crippen LogP contribution in [0.3, 0.4) is 0 Å². The molecule has 0 saturated carbocycles. The van der Waals surface area contributed by atoms with Gasteiger partial charge in [0.05, 0.1) is 24.1 Å². The fraction of sp³-hybridized carbons (Fsp3) is 0.500. The Morgan fingerprint density at radius 2 is 2.06 bits per heavy atom. The quantitative estimate of drug-likeness (QED) is 0.811. The summed E-state index contributed by atoms with van der Waals surface area (Å²) in [6, 6.07) is 6.18. The molecule has 2 nitrogen and oxygen atoms in total. The highest BCUT2D eigenvalue weighted by Gasteiger charge is 2.15. The molecule has 1 aromatic carbocycles. The summed E-state index contributed by atoms with van der Waals surface area (Å²) in [5, 5.41) is 9.72. The number of halogens is 1. The molecule has 1 unspecified atom stereocenters. The molecule has 0 heterocycles. The summed E-state index contributed by atoms with van der Waals surface area (Å²) in [5.41, 5.74) is 2.24. The summed E-state index contributed by atoms with van der Waals surface area (Å²) in [7, 11) is 1.60. The Labute approximate surface area is 108 Å². The molecule has 0 aliphatic rings. The van der Waals surface area contributed by atoms with E-state index in [9.17, 15) is 0 Å². The smallest absolute Gasteiger partial charge is 0.137 e. The van der Waals surface area contributed by atoms with E-state index in [4.69, 9.17) is 21.6 Å². The number of methoxy groups -OCH3 is 1. The van der Waals surface area contributed by atoms with E-state index in [0.29, 0.717) is 16.7 Å². The molecule has 0 radical (unpaired) electrons. The van der Waals surface area contributed by atoms with Crippen LogP contribution < -0.4 is 4.74 Å². The molecule has 92 valence electrons. The molecule has 0 amide bonds. The largest absolute Gasteiger partial charge is 0.495 e. The van der Waals surface area contributed by atoms with Gasteiger partial charge in [-0.3, -0.25) is 0 Å². The predicted molar refractivity (Wildman–Crippen MR) is 70.4 cm³/mol. The summed E-state index contributed by atoms with van der Waals surface area (Å²) >= 11 is 6.10. The lowest BCUT2D eigenvalue weighted by atomic mass is 9.89. The summed E-state index contributed by atoms with van der Waals surface area (Å²) in [5.74, 6) is 1.06. The Bertz CT molecular complexity index is 435. The topological polar surface area (TPSA) is 33.0 Å². The van der Waals surface area contributed by atoms with Crippen molar-refractivity contribution in [2.45, 2.75) is 27.2 Å². The predicted octanol–water partition coefficient (Wildman–Crippen LogP) is 4.00. The van der Waals surface area contributed by atoms with Crippen LogP contribution in [0.25, 0.3) is 0 Å². The van der Waals surface area contributed by atoms with Crippen molar-refractivity contribution < 1.29 is 4.74 Å². The third kappa shape index (κ3) is 3.38. The van der Waals surface area contributed by atoms with Gasteiger partial charge >= 0.3 is 0 Å². The van der Waals surface area contributed by atoms with Crippen molar-refractivity contribution in [3.05, 3.63) is 28.3 Å². The number of hydrogen-bond acceptors (Lipinski definition) is 2. The summed E-state index contributed by atoms with van der Waals surface area (Å²) < 4.78 is 5.16. The number of rotatable bonds is 4. The second-order valence-corrected chi connectivity index (χ2v) is 5.00. The van der Waals surface area contributed by atoms with Gasteiger partial charge in [0.25, 0.3) is 0 Å². The standard InChI is InChI=1S/C14H18ClNO/c1-9(2)12(8-16)6-11-7-13(15)14(17-4)5-10(11)3/h5,7,9,12H,6H2,1-4H3. The molecule has 17 heavy (non-hydrogen) atoms. The maximum atomic E-state index is 9.11. The van der Waals surface area contributed by atoms with Gasteiger partial charge < -0.3 is 4.74 Å². The molecule has 0 aliphatic heterocycles. The Morgan fingerprint density at radius 3 is 2.53 bits per heavy atom. The van der Waals surface area contributed by atoms with Crippen LogP contribution in [0.5, 0.6) is 5.75 Å². The first-order chi connectivity index (χ1) is 7.99. The van der Waals surface area contributed by atoms with E-state index in [1.807, 2.05) is 19.1 Å². The van der Waals surface area contributed by atoms with Gasteiger partial charge in [0, 0.05) is 0 Å². The summed E-state index contributed by atoms with van der Waals surface area (Å²) in [4.78, 5) is 0. The monoisotopic (exact) mass is 251 g/mol. The van der Waals surface area contributed by atoms with E-state index in [2.05, 4.69) is 19.9 Å². The minimum Gasteiger partial charge on any atom is -0.495 e. The zero-order valence-corrected chi connectivity index (χ0v) is 11.5. The number of aryl methyl sites for hydroxylation is 1. The molecule has 0 saturated heterocycles. The first kappa shape index (κ1) is 13.9. The molecule has 0 spiro atoms. The van der Waals surface area contributed by atoms with Crippen molar-refractivity contribution in [2.75, 3.05) is 7.11 Å². The summed E-state index contributed by atoms with van der Waals surface area (Å²) in [6.45, 7) is 6.14. The van der Waals surface area contributed by atoms with E-state index in [-0.39, 0.29) is 5.92 Å². The van der Waals surface area contributed by atoms with Crippen LogP contribution in [0.4, 0.5) is 0 Å². The van der Waals surface area contributed by atoms with Crippen LogP contribution in [0, 0.1) is 30.1 Å². The third-order valence-corrected chi connectivity index (χ3v) is 3.32. The van der Waals surface area contributed by atoms with Crippen LogP contribution >= 0.6 is 11.6 Å². The Hall–Kier alpha value is -1.20. The van der Waals surface area contributed by atoms with Crippen molar-refractivity contribution in [2.24, 2.45) is 11.8 Å². The first-order valence-corrected chi connectivity index (χ1v) is 6.10. The highest BCUT2D eigenvalue weighted by atomic mass is 35.5. The lowest BCUT2D eigenvalue weighted by molar-refractivity contribution is 0.414. The average Bonchev–Trinajstić information content (AvgIpc) is 2.29. The second-order valence-electron chi connectivity index (χ2n) is 4.60. The molecular formula is C14H18ClNO. The number of nitrogens with zero attached hydrogens (tertiary/aromatic N) is 1. The fourth-order valence-corrected chi connectivity index (χ4v) is 2.00. The number of benzene rings is 1. The van der Waals surface area contributed by atoms with Crippen molar-refractivity contribution in [3.8, 4) is 11.8 Å². The van der Waals surface area contributed by atoms with Crippen molar-refractivity contribution in [1.82, 2.24) is 0 Å². The van der Waals surface area contributed by atoms with Gasteiger partial charge in [-0.05, 0) is 42.5 Å². The lowest BCUT2D eigenvalue weighted by Crippen LogP contribution is -2.10. The minimum absolute atomic E-state index is 0.0261. The Balaban J connectivity index is 3.00. The van der Waals surface area contributed by atoms with Gasteiger partial charge in [0.15, 0.2) is 0 Å². The van der Waals surface area contributed by atoms with Gasteiger partial charge in [0.2, 0.25) is 0 Å². The lowest BCUT2D eigenvalue weighted by Gasteiger charge is -2.15. The van der Waals surface area contributed by atoms with Gasteiger partial charge in [-0.15, -0.1) is 0 Å². The molecular weight excluding hydrogens is 234 g/mol. The van der Waals surface area contributed by atoms with Crippen LogP contribution in [0.1, 0.15) is 25.0 Å². The van der Waals surface area contributed by atoms with E-state index in [0.717, 1.165) is 17.5 Å². The first-order valence-electron chi connectivity index (χ1n) is 5.72. The Morgan fingerprint density at radius 1 is 1.41 bits per heavy atom. The molecule has 0 aliphatic carbocycles. The number of nitriles is 1. The minimum atomic E-state index is 0.0261. The molecule has 1 rings (SSSR count). The van der Waals surface area contributed by atoms with Crippen molar-refractivity contribution in [3.63, 3.8) is 0 Å². The average molecular weight is 252 g/mol. The van der Waals surface area contributed by atoms with Crippen molar-refractivity contribution >= 4 is 11.6 Å². The van der Waals surface area contributed by atoms with Crippen molar-refractivity contribution in [1.29, 1.82) is 5.26 Å². The maximum Gasteiger partial charge on any atom is 0.137 e. The molecule has 1 atom stereocenters. The van der Waals surface area contributed by atoms with Gasteiger partial charge in [-0.2, -0.15) is 5.26 Å². The number of ether oxygens (including phenoxy) is 1. The van der Waals surface area contributed by atoms with Gasteiger partial charge in [-0.25, -0.2) is 0 Å². The van der Waals surface area contributed by atoms with Crippen LogP contribution in [0.2, 0.25) is 5.02 Å².